The van der Waals surface area contributed by atoms with E-state index in [1.165, 1.54) is 0 Å². The van der Waals surface area contributed by atoms with Gasteiger partial charge in [0.1, 0.15) is 6.04 Å². The van der Waals surface area contributed by atoms with Crippen LogP contribution in [0.15, 0.2) is 24.3 Å². The van der Waals surface area contributed by atoms with Gasteiger partial charge >= 0.3 is 0 Å². The Bertz CT molecular complexity index is 588. The molecule has 2 amide bonds. The molecule has 0 aromatic heterocycles. The Labute approximate surface area is 154 Å². The van der Waals surface area contributed by atoms with Gasteiger partial charge in [-0.3, -0.25) is 9.59 Å². The quantitative estimate of drug-likeness (QED) is 0.821. The average Bonchev–Trinajstić information content (AvgIpc) is 2.63. The van der Waals surface area contributed by atoms with Crippen LogP contribution in [0.4, 0.5) is 5.69 Å². The van der Waals surface area contributed by atoms with Gasteiger partial charge in [0.05, 0.1) is 19.6 Å². The smallest absolute Gasteiger partial charge is 0.245 e. The highest BCUT2D eigenvalue weighted by molar-refractivity contribution is 5.88. The Morgan fingerprint density at radius 3 is 2.44 bits per heavy atom. The number of carbonyl (C=O) groups excluding carboxylic acids is 2. The molecule has 3 rings (SSSR count). The van der Waals surface area contributed by atoms with E-state index in [2.05, 4.69) is 0 Å². The van der Waals surface area contributed by atoms with Gasteiger partial charge in [-0.15, -0.1) is 12.4 Å². The first-order chi connectivity index (χ1) is 11.6. The number of halogens is 1. The van der Waals surface area contributed by atoms with Crippen LogP contribution in [-0.4, -0.2) is 60.5 Å². The van der Waals surface area contributed by atoms with Gasteiger partial charge in [0, 0.05) is 25.3 Å². The molecule has 0 radical (unpaired) electrons. The minimum absolute atomic E-state index is 0. The molecule has 2 saturated heterocycles. The molecular formula is C18H26ClN3O3. The standard InChI is InChI=1S/C18H25N3O3.ClH/c19-15-6-4-14(5-7-15)13-17(22)21-8-2-1-3-16(21)18(23)20-9-11-24-12-10-20;/h4-7,16H,1-3,8-13,19H2;1H. The van der Waals surface area contributed by atoms with Crippen molar-refractivity contribution in [3.05, 3.63) is 29.8 Å². The van der Waals surface area contributed by atoms with E-state index in [1.54, 1.807) is 17.0 Å². The van der Waals surface area contributed by atoms with Gasteiger partial charge in [-0.2, -0.15) is 0 Å². The second-order valence-corrected chi connectivity index (χ2v) is 6.45. The Kier molecular flexibility index (Phi) is 7.08. The van der Waals surface area contributed by atoms with E-state index in [9.17, 15) is 9.59 Å². The van der Waals surface area contributed by atoms with Crippen LogP contribution in [0.3, 0.4) is 0 Å². The molecule has 0 spiro atoms. The van der Waals surface area contributed by atoms with Crippen molar-refractivity contribution in [1.82, 2.24) is 9.80 Å². The monoisotopic (exact) mass is 367 g/mol. The molecule has 2 aliphatic rings. The summed E-state index contributed by atoms with van der Waals surface area (Å²) in [5.41, 5.74) is 7.30. The predicted octanol–water partition coefficient (Wildman–Crippen LogP) is 1.47. The number of nitrogens with zero attached hydrogens (tertiary/aromatic N) is 2. The molecule has 25 heavy (non-hydrogen) atoms. The molecule has 1 atom stereocenters. The molecule has 2 N–H and O–H groups in total. The molecule has 7 heteroatoms. The minimum Gasteiger partial charge on any atom is -0.399 e. The molecule has 0 bridgehead atoms. The second-order valence-electron chi connectivity index (χ2n) is 6.45. The van der Waals surface area contributed by atoms with E-state index >= 15 is 0 Å². The van der Waals surface area contributed by atoms with E-state index in [0.29, 0.717) is 45.0 Å². The normalized spacial score (nSPS) is 20.7. The summed E-state index contributed by atoms with van der Waals surface area (Å²) in [6.45, 7) is 3.06. The van der Waals surface area contributed by atoms with Crippen molar-refractivity contribution < 1.29 is 14.3 Å². The van der Waals surface area contributed by atoms with Crippen molar-refractivity contribution >= 4 is 29.9 Å². The van der Waals surface area contributed by atoms with Crippen molar-refractivity contribution in [2.75, 3.05) is 38.6 Å². The molecule has 138 valence electrons. The van der Waals surface area contributed by atoms with Gasteiger partial charge in [0.2, 0.25) is 11.8 Å². The molecule has 6 nitrogen and oxygen atoms in total. The molecule has 1 aromatic rings. The Morgan fingerprint density at radius 2 is 1.76 bits per heavy atom. The molecule has 2 aliphatic heterocycles. The number of amides is 2. The third kappa shape index (κ3) is 4.86. The Balaban J connectivity index is 0.00000225. The van der Waals surface area contributed by atoms with Crippen LogP contribution in [0.25, 0.3) is 0 Å². The van der Waals surface area contributed by atoms with Gasteiger partial charge in [-0.1, -0.05) is 12.1 Å². The zero-order valence-electron chi connectivity index (χ0n) is 14.4. The molecule has 1 unspecified atom stereocenters. The van der Waals surface area contributed by atoms with Crippen molar-refractivity contribution in [3.63, 3.8) is 0 Å². The number of carbonyl (C=O) groups is 2. The number of anilines is 1. The van der Waals surface area contributed by atoms with Crippen molar-refractivity contribution in [2.24, 2.45) is 0 Å². The number of nitrogens with two attached hydrogens (primary N) is 1. The number of nitrogen functional groups attached to an aromatic ring is 1. The van der Waals surface area contributed by atoms with E-state index in [4.69, 9.17) is 10.5 Å². The van der Waals surface area contributed by atoms with E-state index in [0.717, 1.165) is 24.8 Å². The topological polar surface area (TPSA) is 75.9 Å². The molecule has 0 saturated carbocycles. The lowest BCUT2D eigenvalue weighted by Gasteiger charge is -2.38. The van der Waals surface area contributed by atoms with Crippen LogP contribution in [0.1, 0.15) is 24.8 Å². The zero-order chi connectivity index (χ0) is 16.9. The summed E-state index contributed by atoms with van der Waals surface area (Å²) in [6.07, 6.45) is 3.02. The van der Waals surface area contributed by atoms with Crippen LogP contribution in [0.2, 0.25) is 0 Å². The highest BCUT2D eigenvalue weighted by Gasteiger charge is 2.35. The fourth-order valence-electron chi connectivity index (χ4n) is 3.39. The van der Waals surface area contributed by atoms with Crippen molar-refractivity contribution in [2.45, 2.75) is 31.7 Å². The molecule has 0 aliphatic carbocycles. The lowest BCUT2D eigenvalue weighted by atomic mass is 9.99. The summed E-state index contributed by atoms with van der Waals surface area (Å²) in [5, 5.41) is 0. The summed E-state index contributed by atoms with van der Waals surface area (Å²) < 4.78 is 5.32. The number of rotatable bonds is 3. The van der Waals surface area contributed by atoms with Gasteiger partial charge in [0.15, 0.2) is 0 Å². The van der Waals surface area contributed by atoms with Gasteiger partial charge in [0.25, 0.3) is 0 Å². The third-order valence-electron chi connectivity index (χ3n) is 4.77. The highest BCUT2D eigenvalue weighted by Crippen LogP contribution is 2.21. The minimum atomic E-state index is -0.321. The van der Waals surface area contributed by atoms with Crippen molar-refractivity contribution in [3.8, 4) is 0 Å². The maximum absolute atomic E-state index is 12.8. The zero-order valence-corrected chi connectivity index (χ0v) is 15.2. The second kappa shape index (κ2) is 9.06. The number of ether oxygens (including phenoxy) is 1. The summed E-state index contributed by atoms with van der Waals surface area (Å²) in [5.74, 6) is 0.0923. The highest BCUT2D eigenvalue weighted by atomic mass is 35.5. The first kappa shape index (κ1) is 19.5. The van der Waals surface area contributed by atoms with E-state index in [-0.39, 0.29) is 30.3 Å². The molecule has 2 fully saturated rings. The fraction of sp³-hybridized carbons (Fsp3) is 0.556. The largest absolute Gasteiger partial charge is 0.399 e. The van der Waals surface area contributed by atoms with Crippen LogP contribution in [-0.2, 0) is 20.7 Å². The predicted molar refractivity (Wildman–Crippen MR) is 98.6 cm³/mol. The number of hydrogen-bond acceptors (Lipinski definition) is 4. The molecule has 1 aromatic carbocycles. The Hall–Kier alpha value is -1.79. The van der Waals surface area contributed by atoms with Crippen LogP contribution in [0.5, 0.6) is 0 Å². The SMILES string of the molecule is Cl.Nc1ccc(CC(=O)N2CCCCC2C(=O)N2CCOCC2)cc1. The lowest BCUT2D eigenvalue weighted by molar-refractivity contribution is -0.149. The average molecular weight is 368 g/mol. The van der Waals surface area contributed by atoms with Gasteiger partial charge in [-0.25, -0.2) is 0 Å². The summed E-state index contributed by atoms with van der Waals surface area (Å²) in [4.78, 5) is 29.2. The number of piperidine rings is 1. The maximum atomic E-state index is 12.8. The molecule has 2 heterocycles. The van der Waals surface area contributed by atoms with E-state index < -0.39 is 0 Å². The number of benzene rings is 1. The van der Waals surface area contributed by atoms with Crippen LogP contribution < -0.4 is 5.73 Å². The fourth-order valence-corrected chi connectivity index (χ4v) is 3.39. The molecular weight excluding hydrogens is 342 g/mol. The Morgan fingerprint density at radius 1 is 1.08 bits per heavy atom. The van der Waals surface area contributed by atoms with Crippen molar-refractivity contribution in [1.29, 1.82) is 0 Å². The summed E-state index contributed by atoms with van der Waals surface area (Å²) >= 11 is 0. The summed E-state index contributed by atoms with van der Waals surface area (Å²) in [7, 11) is 0. The number of morpholine rings is 1. The lowest BCUT2D eigenvalue weighted by Crippen LogP contribution is -2.55. The van der Waals surface area contributed by atoms with Crippen LogP contribution in [0, 0.1) is 0 Å². The first-order valence-electron chi connectivity index (χ1n) is 8.65. The number of hydrogen-bond donors (Lipinski definition) is 1. The van der Waals surface area contributed by atoms with Gasteiger partial charge in [-0.05, 0) is 37.0 Å². The van der Waals surface area contributed by atoms with Crippen LogP contribution >= 0.6 is 12.4 Å². The van der Waals surface area contributed by atoms with Gasteiger partial charge < -0.3 is 20.3 Å². The maximum Gasteiger partial charge on any atom is 0.245 e. The van der Waals surface area contributed by atoms with E-state index in [1.807, 2.05) is 17.0 Å². The first-order valence-corrected chi connectivity index (χ1v) is 8.65. The third-order valence-corrected chi connectivity index (χ3v) is 4.77. The number of likely N-dealkylation sites (tertiary alicyclic amines) is 1. The summed E-state index contributed by atoms with van der Waals surface area (Å²) in [6, 6.07) is 7.02.